The molecule has 0 radical (unpaired) electrons. The first kappa shape index (κ1) is 12.7. The van der Waals surface area contributed by atoms with Crippen molar-refractivity contribution in [1.29, 1.82) is 5.26 Å². The summed E-state index contributed by atoms with van der Waals surface area (Å²) >= 11 is 1.51. The van der Waals surface area contributed by atoms with E-state index in [2.05, 4.69) is 6.92 Å². The molecule has 0 spiro atoms. The first-order valence-electron chi connectivity index (χ1n) is 5.36. The van der Waals surface area contributed by atoms with E-state index in [-0.39, 0.29) is 18.5 Å². The molecule has 0 aliphatic carbocycles. The molecular weight excluding hydrogens is 220 g/mol. The molecular formula is C12H16N2OS. The van der Waals surface area contributed by atoms with Crippen LogP contribution in [0, 0.1) is 11.3 Å². The molecule has 0 N–H and O–H groups in total. The monoisotopic (exact) mass is 236 g/mol. The average molecular weight is 236 g/mol. The van der Waals surface area contributed by atoms with E-state index in [0.29, 0.717) is 0 Å². The van der Waals surface area contributed by atoms with Gasteiger partial charge in [0.25, 0.3) is 5.91 Å². The molecule has 0 atom stereocenters. The number of hydrogen-bond donors (Lipinski definition) is 0. The van der Waals surface area contributed by atoms with Crippen molar-refractivity contribution >= 4 is 17.2 Å². The van der Waals surface area contributed by atoms with Gasteiger partial charge >= 0.3 is 0 Å². The van der Waals surface area contributed by atoms with Gasteiger partial charge in [0.1, 0.15) is 6.54 Å². The molecule has 0 fully saturated rings. The Hall–Kier alpha value is -1.34. The van der Waals surface area contributed by atoms with Gasteiger partial charge in [-0.2, -0.15) is 5.26 Å². The summed E-state index contributed by atoms with van der Waals surface area (Å²) in [5.41, 5.74) is 0. The molecule has 86 valence electrons. The third kappa shape index (κ3) is 2.83. The van der Waals surface area contributed by atoms with Crippen LogP contribution < -0.4 is 0 Å². The minimum absolute atomic E-state index is 0.0405. The van der Waals surface area contributed by atoms with Gasteiger partial charge < -0.3 is 4.90 Å². The topological polar surface area (TPSA) is 44.1 Å². The Bertz CT molecular complexity index is 403. The number of carbonyl (C=O) groups excluding carboxylic acids is 1. The van der Waals surface area contributed by atoms with Crippen molar-refractivity contribution in [2.45, 2.75) is 33.2 Å². The fourth-order valence-corrected chi connectivity index (χ4v) is 2.29. The molecule has 0 bridgehead atoms. The summed E-state index contributed by atoms with van der Waals surface area (Å²) in [4.78, 5) is 15.6. The van der Waals surface area contributed by atoms with E-state index < -0.39 is 0 Å². The van der Waals surface area contributed by atoms with Crippen LogP contribution in [0.3, 0.4) is 0 Å². The van der Waals surface area contributed by atoms with Crippen LogP contribution in [-0.2, 0) is 6.42 Å². The SMILES string of the molecule is CCc1ccc(C(=O)N(CC#N)C(C)C)s1. The first-order valence-corrected chi connectivity index (χ1v) is 6.18. The van der Waals surface area contributed by atoms with Gasteiger partial charge in [0.15, 0.2) is 0 Å². The molecule has 0 saturated carbocycles. The number of rotatable bonds is 4. The van der Waals surface area contributed by atoms with Crippen LogP contribution in [0.5, 0.6) is 0 Å². The van der Waals surface area contributed by atoms with Crippen molar-refractivity contribution in [3.63, 3.8) is 0 Å². The summed E-state index contributed by atoms with van der Waals surface area (Å²) in [6, 6.07) is 5.91. The standard InChI is InChI=1S/C12H16N2OS/c1-4-10-5-6-11(16-10)12(15)14(8-7-13)9(2)3/h5-6,9H,4,8H2,1-3H3. The fraction of sp³-hybridized carbons (Fsp3) is 0.500. The Morgan fingerprint density at radius 2 is 2.25 bits per heavy atom. The second-order valence-corrected chi connectivity index (χ2v) is 4.97. The van der Waals surface area contributed by atoms with Crippen LogP contribution in [0.25, 0.3) is 0 Å². The predicted molar refractivity (Wildman–Crippen MR) is 65.5 cm³/mol. The third-order valence-electron chi connectivity index (χ3n) is 2.35. The minimum Gasteiger partial charge on any atom is -0.322 e. The van der Waals surface area contributed by atoms with E-state index >= 15 is 0 Å². The largest absolute Gasteiger partial charge is 0.322 e. The van der Waals surface area contributed by atoms with Crippen molar-refractivity contribution in [3.05, 3.63) is 21.9 Å². The maximum Gasteiger partial charge on any atom is 0.265 e. The number of nitrogens with zero attached hydrogens (tertiary/aromatic N) is 2. The van der Waals surface area contributed by atoms with E-state index in [4.69, 9.17) is 5.26 Å². The highest BCUT2D eigenvalue weighted by Gasteiger charge is 2.19. The quantitative estimate of drug-likeness (QED) is 0.754. The highest BCUT2D eigenvalue weighted by molar-refractivity contribution is 7.14. The van der Waals surface area contributed by atoms with E-state index in [1.165, 1.54) is 16.2 Å². The molecule has 0 aromatic carbocycles. The molecule has 4 heteroatoms. The Morgan fingerprint density at radius 3 is 2.69 bits per heavy atom. The molecule has 0 unspecified atom stereocenters. The van der Waals surface area contributed by atoms with Crippen LogP contribution in [0.2, 0.25) is 0 Å². The second kappa shape index (κ2) is 5.66. The van der Waals surface area contributed by atoms with Gasteiger partial charge in [0.05, 0.1) is 10.9 Å². The number of hydrogen-bond acceptors (Lipinski definition) is 3. The Kier molecular flexibility index (Phi) is 4.51. The fourth-order valence-electron chi connectivity index (χ4n) is 1.39. The Balaban J connectivity index is 2.86. The van der Waals surface area contributed by atoms with E-state index in [9.17, 15) is 4.79 Å². The number of aryl methyl sites for hydroxylation is 1. The molecule has 0 aliphatic heterocycles. The number of carbonyl (C=O) groups is 1. The number of amides is 1. The summed E-state index contributed by atoms with van der Waals surface area (Å²) in [5.74, 6) is -0.0405. The maximum atomic E-state index is 12.1. The van der Waals surface area contributed by atoms with E-state index in [0.717, 1.165) is 11.3 Å². The summed E-state index contributed by atoms with van der Waals surface area (Å²) in [5, 5.41) is 8.69. The van der Waals surface area contributed by atoms with Crippen LogP contribution in [0.4, 0.5) is 0 Å². The van der Waals surface area contributed by atoms with Gasteiger partial charge in [0, 0.05) is 10.9 Å². The van der Waals surface area contributed by atoms with Crippen molar-refractivity contribution in [2.75, 3.05) is 6.54 Å². The summed E-state index contributed by atoms with van der Waals surface area (Å²) in [6.45, 7) is 6.05. The zero-order valence-corrected chi connectivity index (χ0v) is 10.7. The van der Waals surface area contributed by atoms with Crippen molar-refractivity contribution in [1.82, 2.24) is 4.90 Å². The molecule has 1 rings (SSSR count). The lowest BCUT2D eigenvalue weighted by Gasteiger charge is -2.22. The lowest BCUT2D eigenvalue weighted by Crippen LogP contribution is -2.36. The van der Waals surface area contributed by atoms with E-state index in [1.54, 1.807) is 4.90 Å². The maximum absolute atomic E-state index is 12.1. The van der Waals surface area contributed by atoms with Crippen LogP contribution in [0.1, 0.15) is 35.3 Å². The van der Waals surface area contributed by atoms with Crippen LogP contribution in [0.15, 0.2) is 12.1 Å². The van der Waals surface area contributed by atoms with Crippen LogP contribution >= 0.6 is 11.3 Å². The summed E-state index contributed by atoms with van der Waals surface area (Å²) in [6.07, 6.45) is 0.942. The normalized spacial score (nSPS) is 10.2. The van der Waals surface area contributed by atoms with Crippen molar-refractivity contribution in [2.24, 2.45) is 0 Å². The highest BCUT2D eigenvalue weighted by Crippen LogP contribution is 2.19. The molecule has 0 saturated heterocycles. The molecule has 0 aliphatic rings. The minimum atomic E-state index is -0.0405. The van der Waals surface area contributed by atoms with Crippen molar-refractivity contribution < 1.29 is 4.79 Å². The first-order chi connectivity index (χ1) is 7.60. The second-order valence-electron chi connectivity index (χ2n) is 3.80. The van der Waals surface area contributed by atoms with Gasteiger partial charge in [0.2, 0.25) is 0 Å². The smallest absolute Gasteiger partial charge is 0.265 e. The van der Waals surface area contributed by atoms with Crippen molar-refractivity contribution in [3.8, 4) is 6.07 Å². The Labute approximate surface area is 100 Å². The molecule has 3 nitrogen and oxygen atoms in total. The molecule has 1 aromatic rings. The summed E-state index contributed by atoms with van der Waals surface area (Å²) in [7, 11) is 0. The zero-order valence-electron chi connectivity index (χ0n) is 9.86. The molecule has 1 aromatic heterocycles. The van der Waals surface area contributed by atoms with Crippen LogP contribution in [-0.4, -0.2) is 23.4 Å². The van der Waals surface area contributed by atoms with Gasteiger partial charge in [-0.3, -0.25) is 4.79 Å². The molecule has 16 heavy (non-hydrogen) atoms. The summed E-state index contributed by atoms with van der Waals surface area (Å²) < 4.78 is 0. The average Bonchev–Trinajstić information content (AvgIpc) is 2.73. The van der Waals surface area contributed by atoms with Gasteiger partial charge in [-0.1, -0.05) is 6.92 Å². The molecule has 1 amide bonds. The molecule has 1 heterocycles. The predicted octanol–water partition coefficient (Wildman–Crippen LogP) is 2.68. The van der Waals surface area contributed by atoms with Gasteiger partial charge in [-0.05, 0) is 32.4 Å². The third-order valence-corrected chi connectivity index (χ3v) is 3.56. The Morgan fingerprint density at radius 1 is 1.56 bits per heavy atom. The number of thiophene rings is 1. The highest BCUT2D eigenvalue weighted by atomic mass is 32.1. The van der Waals surface area contributed by atoms with E-state index in [1.807, 2.05) is 32.0 Å². The van der Waals surface area contributed by atoms with Gasteiger partial charge in [-0.25, -0.2) is 0 Å². The lowest BCUT2D eigenvalue weighted by molar-refractivity contribution is 0.0736. The zero-order chi connectivity index (χ0) is 12.1. The van der Waals surface area contributed by atoms with Gasteiger partial charge in [-0.15, -0.1) is 11.3 Å². The lowest BCUT2D eigenvalue weighted by atomic mass is 10.3. The number of nitriles is 1.